The van der Waals surface area contributed by atoms with E-state index in [2.05, 4.69) is 0 Å². The lowest BCUT2D eigenvalue weighted by Gasteiger charge is -2.31. The molecular formula is C23H18N4O7. The molecule has 0 radical (unpaired) electrons. The summed E-state index contributed by atoms with van der Waals surface area (Å²) in [7, 11) is 0. The summed E-state index contributed by atoms with van der Waals surface area (Å²) in [6.45, 7) is -0.187. The number of carbonyl (C=O) groups is 3. The maximum Gasteiger partial charge on any atom is 0.273 e. The average molecular weight is 462 g/mol. The van der Waals surface area contributed by atoms with E-state index in [4.69, 9.17) is 0 Å². The molecule has 1 heterocycles. The zero-order valence-corrected chi connectivity index (χ0v) is 17.6. The molecular weight excluding hydrogens is 444 g/mol. The molecule has 1 saturated carbocycles. The van der Waals surface area contributed by atoms with Crippen LogP contribution in [0.5, 0.6) is 0 Å². The van der Waals surface area contributed by atoms with Gasteiger partial charge in [-0.15, -0.1) is 0 Å². The number of nitro benzene ring substituents is 2. The second-order valence-corrected chi connectivity index (χ2v) is 8.58. The van der Waals surface area contributed by atoms with E-state index in [1.165, 1.54) is 48.5 Å². The molecule has 2 fully saturated rings. The van der Waals surface area contributed by atoms with Crippen molar-refractivity contribution >= 4 is 29.1 Å². The number of carbonyl (C=O) groups excluding carboxylic acids is 3. The summed E-state index contributed by atoms with van der Waals surface area (Å²) >= 11 is 0. The van der Waals surface area contributed by atoms with Crippen molar-refractivity contribution in [1.82, 2.24) is 10.0 Å². The van der Waals surface area contributed by atoms with Gasteiger partial charge < -0.3 is 0 Å². The topological polar surface area (TPSA) is 144 Å². The smallest absolute Gasteiger partial charge is 0.272 e. The first-order valence-corrected chi connectivity index (χ1v) is 10.6. The van der Waals surface area contributed by atoms with Gasteiger partial charge in [0.15, 0.2) is 0 Å². The molecule has 2 bridgehead atoms. The Balaban J connectivity index is 1.50. The standard InChI is InChI=1S/C23H18N4O7/c28-21(14-5-9-18(10-6-14)27(33)34)24(12-13-1-7-17(8-2-13)26(31)32)25-22(29)19-15-3-4-16(11-15)20(19)23(25)30/h1-10,15-16,19-20H,11-12H2/t15-,16-,19+,20+/m0/s1. The van der Waals surface area contributed by atoms with E-state index in [9.17, 15) is 34.6 Å². The van der Waals surface area contributed by atoms with Crippen molar-refractivity contribution in [3.05, 3.63) is 92.0 Å². The third kappa shape index (κ3) is 3.33. The first kappa shape index (κ1) is 21.4. The van der Waals surface area contributed by atoms with E-state index in [1.807, 2.05) is 12.2 Å². The van der Waals surface area contributed by atoms with Crippen molar-refractivity contribution in [3.8, 4) is 0 Å². The molecule has 0 spiro atoms. The molecule has 11 nitrogen and oxygen atoms in total. The Morgan fingerprint density at radius 2 is 1.32 bits per heavy atom. The van der Waals surface area contributed by atoms with Crippen LogP contribution in [0, 0.1) is 43.9 Å². The number of benzene rings is 2. The predicted octanol–water partition coefficient (Wildman–Crippen LogP) is 2.87. The Labute approximate surface area is 192 Å². The fourth-order valence-electron chi connectivity index (χ4n) is 5.13. The summed E-state index contributed by atoms with van der Waals surface area (Å²) in [5.74, 6) is -2.74. The summed E-state index contributed by atoms with van der Waals surface area (Å²) in [4.78, 5) is 60.9. The third-order valence-electron chi connectivity index (χ3n) is 6.73. The second-order valence-electron chi connectivity index (χ2n) is 8.58. The Morgan fingerprint density at radius 1 is 0.853 bits per heavy atom. The lowest BCUT2D eigenvalue weighted by molar-refractivity contribution is -0.385. The molecule has 1 aliphatic heterocycles. The fraction of sp³-hybridized carbons (Fsp3) is 0.261. The van der Waals surface area contributed by atoms with Crippen molar-refractivity contribution < 1.29 is 24.2 Å². The van der Waals surface area contributed by atoms with E-state index in [0.717, 1.165) is 16.4 Å². The first-order chi connectivity index (χ1) is 16.3. The van der Waals surface area contributed by atoms with Crippen LogP contribution in [0.2, 0.25) is 0 Å². The van der Waals surface area contributed by atoms with Crippen LogP contribution in [-0.2, 0) is 16.1 Å². The van der Waals surface area contributed by atoms with Crippen LogP contribution < -0.4 is 0 Å². The number of hydrogen-bond donors (Lipinski definition) is 0. The summed E-state index contributed by atoms with van der Waals surface area (Å²) in [6.07, 6.45) is 4.62. The van der Waals surface area contributed by atoms with Gasteiger partial charge in [0.2, 0.25) is 0 Å². The van der Waals surface area contributed by atoms with Crippen LogP contribution in [0.3, 0.4) is 0 Å². The van der Waals surface area contributed by atoms with E-state index >= 15 is 0 Å². The van der Waals surface area contributed by atoms with Crippen molar-refractivity contribution in [2.24, 2.45) is 23.7 Å². The number of hydrogen-bond acceptors (Lipinski definition) is 7. The minimum atomic E-state index is -0.685. The highest BCUT2D eigenvalue weighted by molar-refractivity contribution is 6.08. The monoisotopic (exact) mass is 462 g/mol. The molecule has 2 aromatic carbocycles. The van der Waals surface area contributed by atoms with Crippen LogP contribution in [-0.4, -0.2) is 37.6 Å². The Kier molecular flexibility index (Phi) is 4.96. The van der Waals surface area contributed by atoms with E-state index in [-0.39, 0.29) is 35.3 Å². The minimum absolute atomic E-state index is 0.0489. The lowest BCUT2D eigenvalue weighted by atomic mass is 9.85. The number of fused-ring (bicyclic) bond motifs is 5. The largest absolute Gasteiger partial charge is 0.273 e. The maximum atomic E-state index is 13.5. The molecule has 0 unspecified atom stereocenters. The normalized spacial score (nSPS) is 24.4. The van der Waals surface area contributed by atoms with Crippen LogP contribution in [0.1, 0.15) is 22.3 Å². The molecule has 0 N–H and O–H groups in total. The van der Waals surface area contributed by atoms with Gasteiger partial charge in [-0.1, -0.05) is 24.3 Å². The van der Waals surface area contributed by atoms with Gasteiger partial charge in [-0.2, -0.15) is 5.01 Å². The maximum absolute atomic E-state index is 13.5. The average Bonchev–Trinajstić information content (AvgIpc) is 3.51. The predicted molar refractivity (Wildman–Crippen MR) is 116 cm³/mol. The number of nitrogens with zero attached hydrogens (tertiary/aromatic N) is 4. The number of allylic oxidation sites excluding steroid dienone is 2. The molecule has 34 heavy (non-hydrogen) atoms. The molecule has 5 rings (SSSR count). The SMILES string of the molecule is O=C(c1ccc([N+](=O)[O-])cc1)N(Cc1ccc([N+](=O)[O-])cc1)N1C(=O)[C@H]2[C@H](C1=O)[C@H]1C=C[C@H]2C1. The number of non-ortho nitro benzene ring substituents is 2. The van der Waals surface area contributed by atoms with Crippen molar-refractivity contribution in [2.45, 2.75) is 13.0 Å². The molecule has 0 aromatic heterocycles. The van der Waals surface area contributed by atoms with E-state index < -0.39 is 39.4 Å². The molecule has 3 aliphatic rings. The number of imide groups is 1. The van der Waals surface area contributed by atoms with Gasteiger partial charge in [-0.05, 0) is 36.0 Å². The Bertz CT molecular complexity index is 1230. The van der Waals surface area contributed by atoms with Gasteiger partial charge in [-0.25, -0.2) is 5.01 Å². The van der Waals surface area contributed by atoms with Crippen molar-refractivity contribution in [3.63, 3.8) is 0 Å². The van der Waals surface area contributed by atoms with Gasteiger partial charge in [-0.3, -0.25) is 34.6 Å². The second kappa shape index (κ2) is 7.87. The molecule has 11 heteroatoms. The van der Waals surface area contributed by atoms with Crippen LogP contribution in [0.4, 0.5) is 11.4 Å². The van der Waals surface area contributed by atoms with E-state index in [1.54, 1.807) is 0 Å². The number of nitro groups is 2. The fourth-order valence-corrected chi connectivity index (χ4v) is 5.13. The number of hydrazine groups is 1. The Morgan fingerprint density at radius 3 is 1.79 bits per heavy atom. The molecule has 3 amide bonds. The van der Waals surface area contributed by atoms with Crippen LogP contribution >= 0.6 is 0 Å². The van der Waals surface area contributed by atoms with Crippen molar-refractivity contribution in [1.29, 1.82) is 0 Å². The van der Waals surface area contributed by atoms with Crippen LogP contribution in [0.15, 0.2) is 60.7 Å². The highest BCUT2D eigenvalue weighted by Gasteiger charge is 2.61. The lowest BCUT2D eigenvalue weighted by Crippen LogP contribution is -2.50. The molecule has 2 aliphatic carbocycles. The summed E-state index contributed by atoms with van der Waals surface area (Å²) in [5.41, 5.74) is 0.192. The zero-order chi connectivity index (χ0) is 24.1. The zero-order valence-electron chi connectivity index (χ0n) is 17.6. The summed E-state index contributed by atoms with van der Waals surface area (Å²) in [6, 6.07) is 10.3. The molecule has 2 aromatic rings. The quantitative estimate of drug-likeness (QED) is 0.278. The van der Waals surface area contributed by atoms with Crippen molar-refractivity contribution in [2.75, 3.05) is 0 Å². The minimum Gasteiger partial charge on any atom is -0.272 e. The number of rotatable bonds is 6. The summed E-state index contributed by atoms with van der Waals surface area (Å²) in [5, 5.41) is 23.9. The van der Waals surface area contributed by atoms with Gasteiger partial charge in [0.1, 0.15) is 0 Å². The van der Waals surface area contributed by atoms with Gasteiger partial charge >= 0.3 is 0 Å². The number of amides is 3. The third-order valence-corrected chi connectivity index (χ3v) is 6.73. The summed E-state index contributed by atoms with van der Waals surface area (Å²) < 4.78 is 0. The first-order valence-electron chi connectivity index (χ1n) is 10.6. The Hall–Kier alpha value is -4.41. The van der Waals surface area contributed by atoms with Gasteiger partial charge in [0, 0.05) is 29.8 Å². The van der Waals surface area contributed by atoms with Gasteiger partial charge in [0.25, 0.3) is 29.1 Å². The van der Waals surface area contributed by atoms with E-state index in [0.29, 0.717) is 5.56 Å². The van der Waals surface area contributed by atoms with Crippen LogP contribution in [0.25, 0.3) is 0 Å². The molecule has 4 atom stereocenters. The highest BCUT2D eigenvalue weighted by atomic mass is 16.6. The highest BCUT2D eigenvalue weighted by Crippen LogP contribution is 2.52. The molecule has 1 saturated heterocycles. The van der Waals surface area contributed by atoms with Gasteiger partial charge in [0.05, 0.1) is 28.2 Å². The molecule has 172 valence electrons.